The monoisotopic (exact) mass is 290 g/mol. The zero-order valence-corrected chi connectivity index (χ0v) is 12.9. The molecule has 0 aliphatic heterocycles. The number of nitro benzene ring substituents is 1. The molecule has 0 saturated heterocycles. The molecule has 4 nitrogen and oxygen atoms in total. The number of hydrogen-bond acceptors (Lipinski definition) is 3. The Morgan fingerprint density at radius 3 is 2.67 bits per heavy atom. The first-order chi connectivity index (χ1) is 10.1. The van der Waals surface area contributed by atoms with Gasteiger partial charge in [0.25, 0.3) is 5.69 Å². The van der Waals surface area contributed by atoms with E-state index in [1.165, 1.54) is 32.1 Å². The van der Waals surface area contributed by atoms with Crippen LogP contribution in [0.5, 0.6) is 0 Å². The van der Waals surface area contributed by atoms with Crippen LogP contribution in [0.2, 0.25) is 0 Å². The fourth-order valence-corrected chi connectivity index (χ4v) is 3.27. The SMILES string of the molecule is CC1CCCC(CCNCCc2ccc([N+](=O)[O-])cc2)C1. The maximum atomic E-state index is 10.6. The molecule has 0 bridgehead atoms. The lowest BCUT2D eigenvalue weighted by atomic mass is 9.81. The summed E-state index contributed by atoms with van der Waals surface area (Å²) in [5, 5.41) is 14.1. The quantitative estimate of drug-likeness (QED) is 0.470. The Bertz CT molecular complexity index is 445. The van der Waals surface area contributed by atoms with Crippen molar-refractivity contribution in [3.8, 4) is 0 Å². The molecule has 1 saturated carbocycles. The second-order valence-corrected chi connectivity index (χ2v) is 6.35. The lowest BCUT2D eigenvalue weighted by Gasteiger charge is -2.26. The summed E-state index contributed by atoms with van der Waals surface area (Å²) in [6.07, 6.45) is 7.81. The summed E-state index contributed by atoms with van der Waals surface area (Å²) in [5.41, 5.74) is 1.32. The first-order valence-electron chi connectivity index (χ1n) is 8.09. The van der Waals surface area contributed by atoms with Crippen LogP contribution < -0.4 is 5.32 Å². The van der Waals surface area contributed by atoms with E-state index in [-0.39, 0.29) is 10.6 Å². The van der Waals surface area contributed by atoms with Crippen molar-refractivity contribution in [1.82, 2.24) is 5.32 Å². The molecule has 21 heavy (non-hydrogen) atoms. The minimum atomic E-state index is -0.354. The van der Waals surface area contributed by atoms with Gasteiger partial charge < -0.3 is 5.32 Å². The van der Waals surface area contributed by atoms with Gasteiger partial charge in [-0.2, -0.15) is 0 Å². The number of non-ortho nitro benzene ring substituents is 1. The molecule has 1 aliphatic rings. The Labute approximate surface area is 127 Å². The fourth-order valence-electron chi connectivity index (χ4n) is 3.27. The van der Waals surface area contributed by atoms with E-state index in [0.717, 1.165) is 36.9 Å². The van der Waals surface area contributed by atoms with Crippen molar-refractivity contribution in [2.75, 3.05) is 13.1 Å². The molecule has 2 rings (SSSR count). The van der Waals surface area contributed by atoms with E-state index in [1.807, 2.05) is 12.1 Å². The van der Waals surface area contributed by atoms with Gasteiger partial charge in [-0.3, -0.25) is 10.1 Å². The highest BCUT2D eigenvalue weighted by molar-refractivity contribution is 5.32. The number of rotatable bonds is 7. The zero-order chi connectivity index (χ0) is 15.1. The van der Waals surface area contributed by atoms with Crippen molar-refractivity contribution >= 4 is 5.69 Å². The van der Waals surface area contributed by atoms with Crippen molar-refractivity contribution in [3.05, 3.63) is 39.9 Å². The van der Waals surface area contributed by atoms with E-state index >= 15 is 0 Å². The third-order valence-corrected chi connectivity index (χ3v) is 4.51. The highest BCUT2D eigenvalue weighted by Crippen LogP contribution is 2.30. The molecule has 2 atom stereocenters. The maximum absolute atomic E-state index is 10.6. The molecule has 1 fully saturated rings. The Balaban J connectivity index is 1.60. The fraction of sp³-hybridized carbons (Fsp3) is 0.647. The maximum Gasteiger partial charge on any atom is 0.269 e. The number of nitrogens with one attached hydrogen (secondary N) is 1. The average molecular weight is 290 g/mol. The Morgan fingerprint density at radius 1 is 1.24 bits per heavy atom. The predicted molar refractivity (Wildman–Crippen MR) is 85.4 cm³/mol. The Morgan fingerprint density at radius 2 is 2.00 bits per heavy atom. The van der Waals surface area contributed by atoms with Gasteiger partial charge in [0, 0.05) is 12.1 Å². The van der Waals surface area contributed by atoms with E-state index in [2.05, 4.69) is 12.2 Å². The third kappa shape index (κ3) is 5.46. The molecule has 0 heterocycles. The van der Waals surface area contributed by atoms with Gasteiger partial charge in [-0.25, -0.2) is 0 Å². The van der Waals surface area contributed by atoms with Crippen LogP contribution >= 0.6 is 0 Å². The lowest BCUT2D eigenvalue weighted by molar-refractivity contribution is -0.384. The lowest BCUT2D eigenvalue weighted by Crippen LogP contribution is -2.23. The molecular weight excluding hydrogens is 264 g/mol. The topological polar surface area (TPSA) is 55.2 Å². The largest absolute Gasteiger partial charge is 0.316 e. The van der Waals surface area contributed by atoms with Crippen molar-refractivity contribution in [3.63, 3.8) is 0 Å². The molecule has 0 radical (unpaired) electrons. The molecule has 4 heteroatoms. The van der Waals surface area contributed by atoms with Crippen LogP contribution in [-0.4, -0.2) is 18.0 Å². The van der Waals surface area contributed by atoms with Crippen LogP contribution in [0.4, 0.5) is 5.69 Å². The summed E-state index contributed by atoms with van der Waals surface area (Å²) in [5.74, 6) is 1.81. The Kier molecular flexibility index (Phi) is 6.18. The molecule has 1 aliphatic carbocycles. The van der Waals surface area contributed by atoms with Crippen LogP contribution in [0.15, 0.2) is 24.3 Å². The van der Waals surface area contributed by atoms with Gasteiger partial charge in [0.1, 0.15) is 0 Å². The number of benzene rings is 1. The highest BCUT2D eigenvalue weighted by Gasteiger charge is 2.17. The number of hydrogen-bond donors (Lipinski definition) is 1. The van der Waals surface area contributed by atoms with Crippen LogP contribution in [0.3, 0.4) is 0 Å². The van der Waals surface area contributed by atoms with Crippen LogP contribution in [0.1, 0.15) is 44.6 Å². The summed E-state index contributed by atoms with van der Waals surface area (Å²) in [4.78, 5) is 10.2. The average Bonchev–Trinajstić information content (AvgIpc) is 2.47. The molecule has 0 aromatic heterocycles. The van der Waals surface area contributed by atoms with E-state index in [9.17, 15) is 10.1 Å². The first-order valence-corrected chi connectivity index (χ1v) is 8.09. The van der Waals surface area contributed by atoms with Crippen molar-refractivity contribution in [2.24, 2.45) is 11.8 Å². The van der Waals surface area contributed by atoms with Crippen LogP contribution in [0.25, 0.3) is 0 Å². The summed E-state index contributed by atoms with van der Waals surface area (Å²) in [6, 6.07) is 6.86. The predicted octanol–water partition coefficient (Wildman–Crippen LogP) is 3.94. The minimum Gasteiger partial charge on any atom is -0.316 e. The van der Waals surface area contributed by atoms with Gasteiger partial charge in [-0.15, -0.1) is 0 Å². The van der Waals surface area contributed by atoms with Crippen molar-refractivity contribution in [2.45, 2.75) is 45.4 Å². The smallest absolute Gasteiger partial charge is 0.269 e. The molecule has 0 amide bonds. The molecule has 1 aromatic rings. The molecular formula is C17H26N2O2. The van der Waals surface area contributed by atoms with Crippen molar-refractivity contribution in [1.29, 1.82) is 0 Å². The normalized spacial score (nSPS) is 22.1. The summed E-state index contributed by atoms with van der Waals surface area (Å²) < 4.78 is 0. The third-order valence-electron chi connectivity index (χ3n) is 4.51. The zero-order valence-electron chi connectivity index (χ0n) is 12.9. The number of nitrogens with zero attached hydrogens (tertiary/aromatic N) is 1. The second kappa shape index (κ2) is 8.13. The van der Waals surface area contributed by atoms with Gasteiger partial charge in [-0.1, -0.05) is 38.3 Å². The molecule has 1 aromatic carbocycles. The Hall–Kier alpha value is -1.42. The van der Waals surface area contributed by atoms with E-state index in [4.69, 9.17) is 0 Å². The standard InChI is InChI=1S/C17H26N2O2/c1-14-3-2-4-16(13-14)10-12-18-11-9-15-5-7-17(8-6-15)19(20)21/h5-8,14,16,18H,2-4,9-13H2,1H3. The van der Waals surface area contributed by atoms with Gasteiger partial charge in [0.05, 0.1) is 4.92 Å². The van der Waals surface area contributed by atoms with Gasteiger partial charge in [-0.05, 0) is 49.8 Å². The van der Waals surface area contributed by atoms with E-state index in [0.29, 0.717) is 0 Å². The van der Waals surface area contributed by atoms with Gasteiger partial charge >= 0.3 is 0 Å². The summed E-state index contributed by atoms with van der Waals surface area (Å²) in [6.45, 7) is 4.40. The molecule has 2 unspecified atom stereocenters. The van der Waals surface area contributed by atoms with Crippen molar-refractivity contribution < 1.29 is 4.92 Å². The molecule has 0 spiro atoms. The summed E-state index contributed by atoms with van der Waals surface area (Å²) >= 11 is 0. The van der Waals surface area contributed by atoms with Crippen LogP contribution in [-0.2, 0) is 6.42 Å². The van der Waals surface area contributed by atoms with E-state index in [1.54, 1.807) is 12.1 Å². The van der Waals surface area contributed by atoms with Gasteiger partial charge in [0.15, 0.2) is 0 Å². The minimum absolute atomic E-state index is 0.165. The second-order valence-electron chi connectivity index (χ2n) is 6.35. The van der Waals surface area contributed by atoms with E-state index < -0.39 is 0 Å². The summed E-state index contributed by atoms with van der Waals surface area (Å²) in [7, 11) is 0. The van der Waals surface area contributed by atoms with Gasteiger partial charge in [0.2, 0.25) is 0 Å². The first kappa shape index (κ1) is 16.0. The molecule has 1 N–H and O–H groups in total. The number of nitro groups is 1. The molecule has 116 valence electrons. The highest BCUT2D eigenvalue weighted by atomic mass is 16.6. The van der Waals surface area contributed by atoms with Crippen LogP contribution in [0, 0.1) is 22.0 Å².